The van der Waals surface area contributed by atoms with Gasteiger partial charge in [0, 0.05) is 43.5 Å². The van der Waals surface area contributed by atoms with E-state index in [1.165, 1.54) is 19.8 Å². The normalized spacial score (nSPS) is 13.2. The number of hydrogen-bond donors (Lipinski definition) is 2. The average molecular weight is 448 g/mol. The van der Waals surface area contributed by atoms with E-state index < -0.39 is 0 Å². The molecular formula is C24H29N7O2. The standard InChI is InChI=1S/C24H29N7O2/c1-16-21(10-13-24(33)26-20-8-6-19(7-9-20)25-18(3)32)17(2)31(29-16)23-12-11-22(27-28-23)30-14-4-5-15-30/h6-9,11-12H,4-5,10,13-15H2,1-3H3,(H,25,32)(H,26,33). The Kier molecular flexibility index (Phi) is 6.67. The van der Waals surface area contributed by atoms with E-state index in [2.05, 4.69) is 30.8 Å². The summed E-state index contributed by atoms with van der Waals surface area (Å²) in [5.41, 5.74) is 4.26. The number of rotatable bonds is 7. The van der Waals surface area contributed by atoms with Crippen LogP contribution in [0.3, 0.4) is 0 Å². The minimum atomic E-state index is -0.133. The maximum atomic E-state index is 12.5. The van der Waals surface area contributed by atoms with Gasteiger partial charge in [0.2, 0.25) is 11.8 Å². The number of anilines is 3. The summed E-state index contributed by atoms with van der Waals surface area (Å²) in [5.74, 6) is 1.36. The van der Waals surface area contributed by atoms with Crippen molar-refractivity contribution >= 4 is 29.0 Å². The lowest BCUT2D eigenvalue weighted by molar-refractivity contribution is -0.116. The molecule has 0 bridgehead atoms. The molecule has 3 aromatic rings. The van der Waals surface area contributed by atoms with Gasteiger partial charge in [-0.1, -0.05) is 0 Å². The summed E-state index contributed by atoms with van der Waals surface area (Å²) in [6.45, 7) is 7.45. The fraction of sp³-hybridized carbons (Fsp3) is 0.375. The molecule has 0 saturated carbocycles. The number of benzene rings is 1. The molecule has 1 fully saturated rings. The fourth-order valence-electron chi connectivity index (χ4n) is 4.11. The van der Waals surface area contributed by atoms with Gasteiger partial charge in [0.25, 0.3) is 0 Å². The van der Waals surface area contributed by atoms with Crippen LogP contribution < -0.4 is 15.5 Å². The van der Waals surface area contributed by atoms with Gasteiger partial charge in [0.15, 0.2) is 11.6 Å². The number of carbonyl (C=O) groups excluding carboxylic acids is 2. The quantitative estimate of drug-likeness (QED) is 0.575. The van der Waals surface area contributed by atoms with Crippen LogP contribution in [0.2, 0.25) is 0 Å². The molecule has 0 spiro atoms. The second-order valence-electron chi connectivity index (χ2n) is 8.31. The van der Waals surface area contributed by atoms with Crippen LogP contribution in [0.25, 0.3) is 5.82 Å². The van der Waals surface area contributed by atoms with Gasteiger partial charge in [-0.3, -0.25) is 9.59 Å². The van der Waals surface area contributed by atoms with Gasteiger partial charge in [-0.05, 0) is 75.1 Å². The highest BCUT2D eigenvalue weighted by atomic mass is 16.2. The van der Waals surface area contributed by atoms with Gasteiger partial charge < -0.3 is 15.5 Å². The monoisotopic (exact) mass is 447 g/mol. The molecule has 1 aliphatic rings. The smallest absolute Gasteiger partial charge is 0.224 e. The predicted octanol–water partition coefficient (Wildman–Crippen LogP) is 3.41. The highest BCUT2D eigenvalue weighted by Gasteiger charge is 2.17. The Morgan fingerprint density at radius 1 is 0.909 bits per heavy atom. The highest BCUT2D eigenvalue weighted by molar-refractivity contribution is 5.92. The topological polar surface area (TPSA) is 105 Å². The van der Waals surface area contributed by atoms with E-state index in [0.29, 0.717) is 30.0 Å². The van der Waals surface area contributed by atoms with Crippen LogP contribution in [0.4, 0.5) is 17.2 Å². The van der Waals surface area contributed by atoms with Crippen LogP contribution >= 0.6 is 0 Å². The van der Waals surface area contributed by atoms with Crippen LogP contribution in [-0.2, 0) is 16.0 Å². The Morgan fingerprint density at radius 2 is 1.52 bits per heavy atom. The third-order valence-corrected chi connectivity index (χ3v) is 5.82. The summed E-state index contributed by atoms with van der Waals surface area (Å²) >= 11 is 0. The molecular weight excluding hydrogens is 418 g/mol. The lowest BCUT2D eigenvalue weighted by Crippen LogP contribution is -2.19. The van der Waals surface area contributed by atoms with Crippen molar-refractivity contribution in [3.05, 3.63) is 53.3 Å². The van der Waals surface area contributed by atoms with Crippen molar-refractivity contribution < 1.29 is 9.59 Å². The van der Waals surface area contributed by atoms with Gasteiger partial charge >= 0.3 is 0 Å². The van der Waals surface area contributed by atoms with E-state index in [9.17, 15) is 9.59 Å². The van der Waals surface area contributed by atoms with E-state index in [4.69, 9.17) is 0 Å². The van der Waals surface area contributed by atoms with Gasteiger partial charge in [0.1, 0.15) is 0 Å². The van der Waals surface area contributed by atoms with Crippen molar-refractivity contribution in [1.29, 1.82) is 0 Å². The molecule has 9 nitrogen and oxygen atoms in total. The van der Waals surface area contributed by atoms with Crippen molar-refractivity contribution in [2.75, 3.05) is 28.6 Å². The maximum Gasteiger partial charge on any atom is 0.224 e. The molecule has 0 aliphatic carbocycles. The largest absolute Gasteiger partial charge is 0.355 e. The highest BCUT2D eigenvalue weighted by Crippen LogP contribution is 2.21. The number of aromatic nitrogens is 4. The molecule has 1 aromatic carbocycles. The fourth-order valence-corrected chi connectivity index (χ4v) is 4.11. The third-order valence-electron chi connectivity index (χ3n) is 5.82. The molecule has 172 valence electrons. The summed E-state index contributed by atoms with van der Waals surface area (Å²) in [4.78, 5) is 25.8. The SMILES string of the molecule is CC(=O)Nc1ccc(NC(=O)CCc2c(C)nn(-c3ccc(N4CCCC4)nn3)c2C)cc1. The molecule has 2 amide bonds. The molecule has 4 rings (SSSR count). The van der Waals surface area contributed by atoms with E-state index in [0.717, 1.165) is 35.9 Å². The zero-order valence-electron chi connectivity index (χ0n) is 19.3. The van der Waals surface area contributed by atoms with Crippen LogP contribution in [-0.4, -0.2) is 44.9 Å². The van der Waals surface area contributed by atoms with Gasteiger partial charge in [-0.2, -0.15) is 5.10 Å². The molecule has 0 radical (unpaired) electrons. The van der Waals surface area contributed by atoms with Crippen molar-refractivity contribution in [2.45, 2.75) is 46.5 Å². The number of amides is 2. The molecule has 0 atom stereocenters. The minimum Gasteiger partial charge on any atom is -0.355 e. The van der Waals surface area contributed by atoms with Crippen LogP contribution in [0.5, 0.6) is 0 Å². The first-order valence-corrected chi connectivity index (χ1v) is 11.2. The lowest BCUT2D eigenvalue weighted by atomic mass is 10.1. The molecule has 2 aromatic heterocycles. The maximum absolute atomic E-state index is 12.5. The van der Waals surface area contributed by atoms with E-state index >= 15 is 0 Å². The van der Waals surface area contributed by atoms with Crippen molar-refractivity contribution in [3.8, 4) is 5.82 Å². The van der Waals surface area contributed by atoms with Gasteiger partial charge in [0.05, 0.1) is 5.69 Å². The Balaban J connectivity index is 1.38. The minimum absolute atomic E-state index is 0.0800. The summed E-state index contributed by atoms with van der Waals surface area (Å²) in [5, 5.41) is 19.0. The number of hydrogen-bond acceptors (Lipinski definition) is 6. The first kappa shape index (κ1) is 22.4. The summed E-state index contributed by atoms with van der Waals surface area (Å²) < 4.78 is 1.80. The Labute approximate surface area is 193 Å². The summed E-state index contributed by atoms with van der Waals surface area (Å²) in [6, 6.07) is 11.0. The number of nitrogens with one attached hydrogen (secondary N) is 2. The molecule has 3 heterocycles. The van der Waals surface area contributed by atoms with Crippen LogP contribution in [0.15, 0.2) is 36.4 Å². The Morgan fingerprint density at radius 3 is 2.12 bits per heavy atom. The van der Waals surface area contributed by atoms with Crippen LogP contribution in [0.1, 0.15) is 43.1 Å². The molecule has 0 unspecified atom stereocenters. The summed E-state index contributed by atoms with van der Waals surface area (Å²) in [6.07, 6.45) is 3.30. The van der Waals surface area contributed by atoms with E-state index in [-0.39, 0.29) is 11.8 Å². The molecule has 1 aliphatic heterocycles. The van der Waals surface area contributed by atoms with Crippen molar-refractivity contribution in [1.82, 2.24) is 20.0 Å². The molecule has 9 heteroatoms. The number of carbonyl (C=O) groups is 2. The van der Waals surface area contributed by atoms with Crippen LogP contribution in [0, 0.1) is 13.8 Å². The predicted molar refractivity (Wildman–Crippen MR) is 128 cm³/mol. The third kappa shape index (κ3) is 5.36. The van der Waals surface area contributed by atoms with Crippen molar-refractivity contribution in [2.24, 2.45) is 0 Å². The zero-order valence-corrected chi connectivity index (χ0v) is 19.3. The Bertz CT molecular complexity index is 1130. The average Bonchev–Trinajstić information content (AvgIpc) is 3.42. The second-order valence-corrected chi connectivity index (χ2v) is 8.31. The van der Waals surface area contributed by atoms with E-state index in [1.807, 2.05) is 26.0 Å². The molecule has 2 N–H and O–H groups in total. The van der Waals surface area contributed by atoms with E-state index in [1.54, 1.807) is 28.9 Å². The zero-order chi connectivity index (χ0) is 23.4. The lowest BCUT2D eigenvalue weighted by Gasteiger charge is -2.15. The number of aryl methyl sites for hydroxylation is 1. The van der Waals surface area contributed by atoms with Crippen molar-refractivity contribution in [3.63, 3.8) is 0 Å². The first-order valence-electron chi connectivity index (χ1n) is 11.2. The number of nitrogens with zero attached hydrogens (tertiary/aromatic N) is 5. The summed E-state index contributed by atoms with van der Waals surface area (Å²) in [7, 11) is 0. The molecule has 1 saturated heterocycles. The second kappa shape index (κ2) is 9.81. The molecule has 33 heavy (non-hydrogen) atoms. The Hall–Kier alpha value is -3.75. The first-order chi connectivity index (χ1) is 15.9. The van der Waals surface area contributed by atoms with Gasteiger partial charge in [-0.25, -0.2) is 4.68 Å². The van der Waals surface area contributed by atoms with Gasteiger partial charge in [-0.15, -0.1) is 10.2 Å².